The van der Waals surface area contributed by atoms with E-state index in [-0.39, 0.29) is 86.3 Å². The topological polar surface area (TPSA) is 88.4 Å². The second-order valence-corrected chi connectivity index (χ2v) is 12.6. The van der Waals surface area contributed by atoms with Crippen LogP contribution < -0.4 is 0 Å². The zero-order chi connectivity index (χ0) is 28.8. The molecule has 0 bridgehead atoms. The van der Waals surface area contributed by atoms with Crippen LogP contribution in [-0.2, 0) is 23.2 Å². The van der Waals surface area contributed by atoms with Crippen LogP contribution in [0, 0.1) is 5.92 Å². The van der Waals surface area contributed by atoms with E-state index in [1.165, 1.54) is 15.2 Å². The summed E-state index contributed by atoms with van der Waals surface area (Å²) in [6.45, 7) is 2.47. The molecule has 16 heteroatoms. The minimum atomic E-state index is -4.61. The molecule has 0 spiro atoms. The van der Waals surface area contributed by atoms with Gasteiger partial charge in [0.25, 0.3) is 10.0 Å². The molecule has 1 saturated heterocycles. The molecule has 1 aliphatic carbocycles. The smallest absolute Gasteiger partial charge is 0.295 e. The van der Waals surface area contributed by atoms with Crippen molar-refractivity contribution in [3.05, 3.63) is 40.5 Å². The highest BCUT2D eigenvalue weighted by atomic mass is 35.5. The number of alkyl halides is 5. The maximum Gasteiger partial charge on any atom is 0.416 e. The predicted molar refractivity (Wildman–Crippen MR) is 139 cm³/mol. The summed E-state index contributed by atoms with van der Waals surface area (Å²) < 4.78 is 95.9. The first-order valence-corrected chi connectivity index (χ1v) is 14.3. The van der Waals surface area contributed by atoms with E-state index >= 15 is 0 Å². The Morgan fingerprint density at radius 3 is 2.20 bits per heavy atom. The molecule has 0 N–H and O–H groups in total. The summed E-state index contributed by atoms with van der Waals surface area (Å²) in [6.07, 6.45) is -4.02. The molecule has 224 valence electrons. The lowest BCUT2D eigenvalue weighted by Crippen LogP contribution is -2.62. The van der Waals surface area contributed by atoms with Crippen LogP contribution in [0.5, 0.6) is 0 Å². The van der Waals surface area contributed by atoms with E-state index in [9.17, 15) is 35.2 Å². The van der Waals surface area contributed by atoms with Crippen LogP contribution in [0.1, 0.15) is 54.9 Å². The maximum atomic E-state index is 14.2. The quantitative estimate of drug-likeness (QED) is 0.312. The van der Waals surface area contributed by atoms with Gasteiger partial charge in [0.05, 0.1) is 16.8 Å². The van der Waals surface area contributed by atoms with Crippen LogP contribution in [0.4, 0.5) is 22.0 Å². The Labute approximate surface area is 240 Å². The molecule has 40 heavy (non-hydrogen) atoms. The summed E-state index contributed by atoms with van der Waals surface area (Å²) in [7, 11) is -2.34. The van der Waals surface area contributed by atoms with Gasteiger partial charge in [-0.05, 0) is 37.0 Å². The number of hydrogen-bond donors (Lipinski definition) is 0. The second-order valence-electron chi connectivity index (χ2n) is 10.3. The third kappa shape index (κ3) is 6.61. The van der Waals surface area contributed by atoms with E-state index in [0.717, 1.165) is 12.1 Å². The van der Waals surface area contributed by atoms with Crippen molar-refractivity contribution in [3.8, 4) is 0 Å². The molecule has 1 aromatic carbocycles. The molecular weight excluding hydrogens is 604 g/mol. The highest BCUT2D eigenvalue weighted by molar-refractivity contribution is 7.89. The first-order chi connectivity index (χ1) is 18.0. The van der Waals surface area contributed by atoms with Gasteiger partial charge >= 0.3 is 6.18 Å². The van der Waals surface area contributed by atoms with E-state index in [0.29, 0.717) is 6.07 Å². The highest BCUT2D eigenvalue weighted by Crippen LogP contribution is 2.47. The van der Waals surface area contributed by atoms with Gasteiger partial charge < -0.3 is 0 Å². The van der Waals surface area contributed by atoms with Gasteiger partial charge in [-0.25, -0.2) is 17.2 Å². The predicted octanol–water partition coefficient (Wildman–Crippen LogP) is 5.07. The molecule has 2 fully saturated rings. The number of nitrogens with zero attached hydrogens (tertiary/aromatic N) is 5. The zero-order valence-electron chi connectivity index (χ0n) is 21.8. The number of benzene rings is 1. The Bertz CT molecular complexity index is 1320. The molecular formula is C24H30Cl2F5N5O3S. The summed E-state index contributed by atoms with van der Waals surface area (Å²) in [5, 5.41) is 6.86. The second kappa shape index (κ2) is 11.8. The minimum Gasteiger partial charge on any atom is -0.295 e. The van der Waals surface area contributed by atoms with Crippen LogP contribution in [0.25, 0.3) is 0 Å². The fourth-order valence-corrected chi connectivity index (χ4v) is 7.24. The average Bonchev–Trinajstić information content (AvgIpc) is 3.31. The van der Waals surface area contributed by atoms with Crippen molar-refractivity contribution in [2.24, 2.45) is 13.0 Å². The molecule has 1 atom stereocenters. The molecule has 4 rings (SSSR count). The van der Waals surface area contributed by atoms with Gasteiger partial charge in [0, 0.05) is 63.6 Å². The van der Waals surface area contributed by atoms with E-state index < -0.39 is 44.9 Å². The van der Waals surface area contributed by atoms with Crippen molar-refractivity contribution in [2.75, 3.05) is 26.2 Å². The van der Waals surface area contributed by atoms with Crippen molar-refractivity contribution in [1.29, 1.82) is 0 Å². The number of aryl methyl sites for hydroxylation is 1. The van der Waals surface area contributed by atoms with E-state index in [1.54, 1.807) is 14.0 Å². The van der Waals surface area contributed by atoms with Gasteiger partial charge in [-0.2, -0.15) is 17.5 Å². The molecule has 2 aliphatic rings. The van der Waals surface area contributed by atoms with Crippen molar-refractivity contribution < 1.29 is 35.2 Å². The number of carbonyl (C=O) groups excluding carboxylic acids is 1. The molecule has 0 amide bonds. The third-order valence-electron chi connectivity index (χ3n) is 7.91. The summed E-state index contributed by atoms with van der Waals surface area (Å²) in [5.41, 5.74) is -1.86. The van der Waals surface area contributed by atoms with Crippen molar-refractivity contribution in [2.45, 2.75) is 61.7 Å². The lowest BCUT2D eigenvalue weighted by Gasteiger charge is -2.53. The Morgan fingerprint density at radius 1 is 1.10 bits per heavy atom. The molecule has 0 radical (unpaired) electrons. The Balaban J connectivity index is 0.00000441. The van der Waals surface area contributed by atoms with Gasteiger partial charge in [-0.15, -0.1) is 17.5 Å². The van der Waals surface area contributed by atoms with Gasteiger partial charge in [0.2, 0.25) is 10.9 Å². The highest BCUT2D eigenvalue weighted by Gasteiger charge is 2.50. The lowest BCUT2D eigenvalue weighted by atomic mass is 9.69. The van der Waals surface area contributed by atoms with Gasteiger partial charge in [-0.3, -0.25) is 14.4 Å². The molecule has 1 aromatic heterocycles. The van der Waals surface area contributed by atoms with Crippen molar-refractivity contribution >= 4 is 39.8 Å². The van der Waals surface area contributed by atoms with Crippen molar-refractivity contribution in [3.63, 3.8) is 0 Å². The monoisotopic (exact) mass is 633 g/mol. The fraction of sp³-hybridized carbons (Fsp3) is 0.625. The van der Waals surface area contributed by atoms with Gasteiger partial charge in [0.15, 0.2) is 5.78 Å². The number of Topliss-reactive ketones (excluding diaryl/α,β-unsaturated/α-hetero) is 1. The molecule has 2 heterocycles. The molecule has 2 aromatic rings. The van der Waals surface area contributed by atoms with Gasteiger partial charge in [-0.1, -0.05) is 23.7 Å². The number of hydrogen-bond acceptors (Lipinski definition) is 6. The van der Waals surface area contributed by atoms with Crippen LogP contribution in [-0.4, -0.2) is 76.0 Å². The number of sulfonamides is 1. The normalized spacial score (nSPS) is 21.0. The molecule has 1 unspecified atom stereocenters. The van der Waals surface area contributed by atoms with Crippen LogP contribution in [0.2, 0.25) is 5.02 Å². The SMILES string of the molecule is CC(CC(=O)c1ccc(C(F)(F)F)cc1Cl)C1(N2CCN(S(=O)(=O)c3cn(C)nn3)CC2)CCC(F)(F)CC1.Cl. The number of rotatable bonds is 7. The Kier molecular flexibility index (Phi) is 9.62. The molecule has 1 aliphatic heterocycles. The third-order valence-corrected chi connectivity index (χ3v) is 9.98. The average molecular weight is 634 g/mol. The van der Waals surface area contributed by atoms with Crippen LogP contribution >= 0.6 is 24.0 Å². The number of aromatic nitrogens is 3. The molecule has 1 saturated carbocycles. The van der Waals surface area contributed by atoms with Crippen molar-refractivity contribution in [1.82, 2.24) is 24.2 Å². The summed E-state index contributed by atoms with van der Waals surface area (Å²) in [6, 6.07) is 2.53. The summed E-state index contributed by atoms with van der Waals surface area (Å²) >= 11 is 6.03. The summed E-state index contributed by atoms with van der Waals surface area (Å²) in [4.78, 5) is 15.1. The number of halogens is 7. The Morgan fingerprint density at radius 2 is 1.70 bits per heavy atom. The molecule has 8 nitrogen and oxygen atoms in total. The van der Waals surface area contributed by atoms with E-state index in [4.69, 9.17) is 11.6 Å². The number of ketones is 1. The van der Waals surface area contributed by atoms with Crippen LogP contribution in [0.3, 0.4) is 0 Å². The summed E-state index contributed by atoms with van der Waals surface area (Å²) in [5.74, 6) is -3.79. The first-order valence-electron chi connectivity index (χ1n) is 12.4. The Hall–Kier alpha value is -1.87. The van der Waals surface area contributed by atoms with Crippen LogP contribution in [0.15, 0.2) is 29.4 Å². The standard InChI is InChI=1S/C24H29ClF5N5O3S.ClH/c1-16(13-20(36)18-4-3-17(14-19(18)25)24(28,29)30)22(5-7-23(26,27)8-6-22)34-9-11-35(12-10-34)39(37,38)21-15-33(2)32-31-21;/h3-4,14-16H,5-13H2,1-2H3;1H. The lowest BCUT2D eigenvalue weighted by molar-refractivity contribution is -0.137. The van der Waals surface area contributed by atoms with E-state index in [1.807, 2.05) is 4.90 Å². The minimum absolute atomic E-state index is 0. The van der Waals surface area contributed by atoms with E-state index in [2.05, 4.69) is 10.3 Å². The van der Waals surface area contributed by atoms with Gasteiger partial charge in [0.1, 0.15) is 0 Å². The fourth-order valence-electron chi connectivity index (χ4n) is 5.62. The maximum absolute atomic E-state index is 14.2. The largest absolute Gasteiger partial charge is 0.416 e. The first kappa shape index (κ1) is 32.6. The number of piperazine rings is 1. The number of carbonyl (C=O) groups is 1. The zero-order valence-corrected chi connectivity index (χ0v) is 24.2.